The molecule has 0 aliphatic heterocycles. The standard InChI is InChI=1S/C15H10N6O3/c16-6-18-15(24)21-9-3-1-2-8(4-9)12-11-10(14(22)23)5-17-13(11)20-7-19-12/h1-5,7H,(H,22,23)(H,17,19,20)(H2,18,21,24). The van der Waals surface area contributed by atoms with Crippen molar-refractivity contribution in [2.24, 2.45) is 0 Å². The topological polar surface area (TPSA) is 144 Å². The van der Waals surface area contributed by atoms with Gasteiger partial charge in [-0.1, -0.05) is 12.1 Å². The van der Waals surface area contributed by atoms with Crippen molar-refractivity contribution in [2.75, 3.05) is 5.32 Å². The number of urea groups is 1. The van der Waals surface area contributed by atoms with E-state index in [2.05, 4.69) is 20.3 Å². The SMILES string of the molecule is N#CNC(=O)Nc1cccc(-c2ncnc3[nH]cc(C(=O)O)c23)c1. The Labute approximate surface area is 135 Å². The van der Waals surface area contributed by atoms with Crippen LogP contribution in [0.3, 0.4) is 0 Å². The van der Waals surface area contributed by atoms with Crippen molar-refractivity contribution in [1.29, 1.82) is 5.26 Å². The quantitative estimate of drug-likeness (QED) is 0.428. The predicted octanol–water partition coefficient (Wildman–Crippen LogP) is 1.93. The Balaban J connectivity index is 2.08. The molecule has 0 aliphatic rings. The van der Waals surface area contributed by atoms with E-state index in [0.717, 1.165) is 0 Å². The van der Waals surface area contributed by atoms with Gasteiger partial charge in [0.2, 0.25) is 0 Å². The van der Waals surface area contributed by atoms with E-state index in [4.69, 9.17) is 5.26 Å². The average Bonchev–Trinajstić information content (AvgIpc) is 2.99. The molecule has 0 atom stereocenters. The molecule has 118 valence electrons. The summed E-state index contributed by atoms with van der Waals surface area (Å²) in [4.78, 5) is 33.8. The summed E-state index contributed by atoms with van der Waals surface area (Å²) in [5.74, 6) is -1.10. The highest BCUT2D eigenvalue weighted by atomic mass is 16.4. The van der Waals surface area contributed by atoms with Crippen molar-refractivity contribution in [2.45, 2.75) is 0 Å². The number of aromatic carboxylic acids is 1. The highest BCUT2D eigenvalue weighted by molar-refractivity contribution is 6.07. The molecule has 0 spiro atoms. The summed E-state index contributed by atoms with van der Waals surface area (Å²) < 4.78 is 0. The lowest BCUT2D eigenvalue weighted by Gasteiger charge is -2.07. The molecule has 0 radical (unpaired) electrons. The normalized spacial score (nSPS) is 10.1. The van der Waals surface area contributed by atoms with Gasteiger partial charge in [-0.05, 0) is 12.1 Å². The van der Waals surface area contributed by atoms with Crippen molar-refractivity contribution >= 4 is 28.7 Å². The van der Waals surface area contributed by atoms with Crippen molar-refractivity contribution in [3.8, 4) is 17.5 Å². The highest BCUT2D eigenvalue weighted by Crippen LogP contribution is 2.29. The second-order valence-electron chi connectivity index (χ2n) is 4.73. The van der Waals surface area contributed by atoms with Crippen molar-refractivity contribution in [3.63, 3.8) is 0 Å². The summed E-state index contributed by atoms with van der Waals surface area (Å²) in [7, 11) is 0. The fourth-order valence-corrected chi connectivity index (χ4v) is 2.31. The van der Waals surface area contributed by atoms with Crippen LogP contribution < -0.4 is 10.6 Å². The summed E-state index contributed by atoms with van der Waals surface area (Å²) in [5, 5.41) is 22.6. The lowest BCUT2D eigenvalue weighted by atomic mass is 10.1. The Bertz CT molecular complexity index is 988. The second kappa shape index (κ2) is 6.05. The number of nitrogens with zero attached hydrogens (tertiary/aromatic N) is 3. The number of amides is 2. The minimum atomic E-state index is -1.10. The number of nitrogens with one attached hydrogen (secondary N) is 3. The van der Waals surface area contributed by atoms with Gasteiger partial charge in [-0.2, -0.15) is 5.26 Å². The van der Waals surface area contributed by atoms with Crippen LogP contribution in [0.2, 0.25) is 0 Å². The average molecular weight is 322 g/mol. The minimum Gasteiger partial charge on any atom is -0.478 e. The lowest BCUT2D eigenvalue weighted by molar-refractivity contribution is 0.0699. The number of hydrogen-bond acceptors (Lipinski definition) is 5. The molecule has 0 fully saturated rings. The van der Waals surface area contributed by atoms with Crippen LogP contribution in [0.4, 0.5) is 10.5 Å². The van der Waals surface area contributed by atoms with Crippen LogP contribution in [0, 0.1) is 11.5 Å². The van der Waals surface area contributed by atoms with Gasteiger partial charge in [-0.3, -0.25) is 0 Å². The summed E-state index contributed by atoms with van der Waals surface area (Å²) >= 11 is 0. The fourth-order valence-electron chi connectivity index (χ4n) is 2.31. The van der Waals surface area contributed by atoms with Gasteiger partial charge in [0.25, 0.3) is 0 Å². The molecule has 9 nitrogen and oxygen atoms in total. The number of fused-ring (bicyclic) bond motifs is 1. The number of rotatable bonds is 3. The molecular weight excluding hydrogens is 312 g/mol. The number of hydrogen-bond donors (Lipinski definition) is 4. The number of carboxylic acids is 1. The first-order valence-electron chi connectivity index (χ1n) is 6.72. The van der Waals surface area contributed by atoms with Gasteiger partial charge in [-0.15, -0.1) is 0 Å². The Morgan fingerprint density at radius 2 is 2.12 bits per heavy atom. The molecule has 0 unspecified atom stereocenters. The molecule has 4 N–H and O–H groups in total. The molecule has 3 rings (SSSR count). The molecule has 0 saturated heterocycles. The lowest BCUT2D eigenvalue weighted by Crippen LogP contribution is -2.23. The van der Waals surface area contributed by atoms with E-state index in [1.807, 2.05) is 5.32 Å². The molecule has 1 aromatic carbocycles. The Morgan fingerprint density at radius 3 is 2.88 bits per heavy atom. The van der Waals surface area contributed by atoms with E-state index in [1.54, 1.807) is 24.3 Å². The summed E-state index contributed by atoms with van der Waals surface area (Å²) in [6, 6.07) is 5.99. The Kier molecular flexibility index (Phi) is 3.78. The fraction of sp³-hybridized carbons (Fsp3) is 0. The minimum absolute atomic E-state index is 0.0567. The van der Waals surface area contributed by atoms with Crippen LogP contribution in [-0.4, -0.2) is 32.1 Å². The maximum Gasteiger partial charge on any atom is 0.338 e. The van der Waals surface area contributed by atoms with E-state index in [-0.39, 0.29) is 5.56 Å². The van der Waals surface area contributed by atoms with Crippen LogP contribution in [0.15, 0.2) is 36.8 Å². The molecule has 9 heteroatoms. The number of carbonyl (C=O) groups is 2. The van der Waals surface area contributed by atoms with E-state index in [0.29, 0.717) is 28.0 Å². The first kappa shape index (κ1) is 15.0. The van der Waals surface area contributed by atoms with Crippen molar-refractivity contribution in [3.05, 3.63) is 42.4 Å². The van der Waals surface area contributed by atoms with E-state index in [1.165, 1.54) is 18.7 Å². The van der Waals surface area contributed by atoms with Crippen LogP contribution in [0.5, 0.6) is 0 Å². The molecule has 2 aromatic heterocycles. The third kappa shape index (κ3) is 2.71. The van der Waals surface area contributed by atoms with Gasteiger partial charge in [0.05, 0.1) is 16.6 Å². The van der Waals surface area contributed by atoms with E-state index in [9.17, 15) is 14.7 Å². The number of aromatic amines is 1. The van der Waals surface area contributed by atoms with Crippen LogP contribution >= 0.6 is 0 Å². The van der Waals surface area contributed by atoms with Crippen molar-refractivity contribution in [1.82, 2.24) is 20.3 Å². The molecule has 2 heterocycles. The molecule has 2 amide bonds. The highest BCUT2D eigenvalue weighted by Gasteiger charge is 2.17. The third-order valence-electron chi connectivity index (χ3n) is 3.26. The zero-order valence-electron chi connectivity index (χ0n) is 12.1. The first-order chi connectivity index (χ1) is 11.6. The van der Waals surface area contributed by atoms with E-state index < -0.39 is 12.0 Å². The van der Waals surface area contributed by atoms with Crippen molar-refractivity contribution < 1.29 is 14.7 Å². The van der Waals surface area contributed by atoms with Crippen LogP contribution in [0.1, 0.15) is 10.4 Å². The van der Waals surface area contributed by atoms with Gasteiger partial charge in [0, 0.05) is 17.4 Å². The monoisotopic (exact) mass is 322 g/mol. The van der Waals surface area contributed by atoms with Gasteiger partial charge in [-0.25, -0.2) is 24.9 Å². The summed E-state index contributed by atoms with van der Waals surface area (Å²) in [6.45, 7) is 0. The zero-order valence-corrected chi connectivity index (χ0v) is 12.1. The molecular formula is C15H10N6O3. The third-order valence-corrected chi connectivity index (χ3v) is 3.26. The van der Waals surface area contributed by atoms with Gasteiger partial charge >= 0.3 is 12.0 Å². The van der Waals surface area contributed by atoms with Crippen LogP contribution in [0.25, 0.3) is 22.3 Å². The van der Waals surface area contributed by atoms with Gasteiger partial charge in [0.15, 0.2) is 6.19 Å². The molecule has 0 bridgehead atoms. The Hall–Kier alpha value is -3.93. The summed E-state index contributed by atoms with van der Waals surface area (Å²) in [5.41, 5.74) is 1.90. The van der Waals surface area contributed by atoms with E-state index >= 15 is 0 Å². The van der Waals surface area contributed by atoms with Gasteiger partial charge < -0.3 is 15.4 Å². The second-order valence-corrected chi connectivity index (χ2v) is 4.73. The number of anilines is 1. The van der Waals surface area contributed by atoms with Gasteiger partial charge in [0.1, 0.15) is 12.0 Å². The number of H-pyrrole nitrogens is 1. The zero-order chi connectivity index (χ0) is 17.1. The molecule has 24 heavy (non-hydrogen) atoms. The largest absolute Gasteiger partial charge is 0.478 e. The molecule has 0 aliphatic carbocycles. The van der Waals surface area contributed by atoms with Crippen LogP contribution in [-0.2, 0) is 0 Å². The Morgan fingerprint density at radius 1 is 1.29 bits per heavy atom. The number of carboxylic acid groups (broad SMARTS) is 1. The maximum absolute atomic E-state index is 11.4. The number of nitriles is 1. The smallest absolute Gasteiger partial charge is 0.338 e. The number of benzene rings is 1. The number of carbonyl (C=O) groups excluding carboxylic acids is 1. The molecule has 0 saturated carbocycles. The predicted molar refractivity (Wildman–Crippen MR) is 84.1 cm³/mol. The maximum atomic E-state index is 11.4. The molecule has 3 aromatic rings. The number of aromatic nitrogens is 3. The first-order valence-corrected chi connectivity index (χ1v) is 6.72. The summed E-state index contributed by atoms with van der Waals surface area (Å²) in [6.07, 6.45) is 4.20.